The minimum Gasteiger partial charge on any atom is -0.399 e. The maximum atomic E-state index is 11.8. The van der Waals surface area contributed by atoms with Gasteiger partial charge in [0.2, 0.25) is 5.91 Å². The average Bonchev–Trinajstić information content (AvgIpc) is 2.43. The van der Waals surface area contributed by atoms with E-state index >= 15 is 0 Å². The predicted molar refractivity (Wildman–Crippen MR) is 80.0 cm³/mol. The molecule has 0 atom stereocenters. The Morgan fingerprint density at radius 2 is 2.05 bits per heavy atom. The molecular weight excluding hydrogens is 250 g/mol. The second-order valence-electron chi connectivity index (χ2n) is 4.79. The van der Waals surface area contributed by atoms with Gasteiger partial charge in [0, 0.05) is 17.8 Å². The van der Waals surface area contributed by atoms with Gasteiger partial charge in [0.1, 0.15) is 0 Å². The number of pyridine rings is 1. The molecule has 0 radical (unpaired) electrons. The van der Waals surface area contributed by atoms with E-state index in [0.29, 0.717) is 19.4 Å². The number of carbonyl (C=O) groups excluding carboxylic acids is 1. The number of benzene rings is 1. The van der Waals surface area contributed by atoms with E-state index in [1.807, 2.05) is 49.4 Å². The molecule has 0 saturated carbocycles. The van der Waals surface area contributed by atoms with Gasteiger partial charge in [0.05, 0.1) is 12.2 Å². The van der Waals surface area contributed by atoms with Crippen LogP contribution in [0.3, 0.4) is 0 Å². The summed E-state index contributed by atoms with van der Waals surface area (Å²) in [5.74, 6) is 0.0238. The highest BCUT2D eigenvalue weighted by Gasteiger charge is 2.03. The highest BCUT2D eigenvalue weighted by Crippen LogP contribution is 2.08. The zero-order valence-corrected chi connectivity index (χ0v) is 11.6. The molecule has 4 heteroatoms. The van der Waals surface area contributed by atoms with Gasteiger partial charge in [-0.05, 0) is 43.2 Å². The summed E-state index contributed by atoms with van der Waals surface area (Å²) in [4.78, 5) is 16.1. The van der Waals surface area contributed by atoms with Crippen molar-refractivity contribution in [2.24, 2.45) is 0 Å². The number of rotatable bonds is 5. The van der Waals surface area contributed by atoms with Crippen LogP contribution in [0.4, 0.5) is 5.69 Å². The molecule has 1 aromatic heterocycles. The molecule has 104 valence electrons. The molecule has 4 nitrogen and oxygen atoms in total. The molecule has 2 rings (SSSR count). The standard InChI is InChI=1S/C16H19N3O/c1-12-4-2-7-15(19-12)11-18-16(20)9-8-13-5-3-6-14(17)10-13/h2-7,10H,8-9,11,17H2,1H3,(H,18,20). The summed E-state index contributed by atoms with van der Waals surface area (Å²) in [6, 6.07) is 13.4. The molecule has 20 heavy (non-hydrogen) atoms. The van der Waals surface area contributed by atoms with E-state index in [0.717, 1.165) is 22.6 Å². The van der Waals surface area contributed by atoms with Crippen molar-refractivity contribution in [2.75, 3.05) is 5.73 Å². The third-order valence-electron chi connectivity index (χ3n) is 3.00. The highest BCUT2D eigenvalue weighted by molar-refractivity contribution is 5.76. The summed E-state index contributed by atoms with van der Waals surface area (Å²) in [6.45, 7) is 2.41. The van der Waals surface area contributed by atoms with Gasteiger partial charge in [-0.25, -0.2) is 0 Å². The lowest BCUT2D eigenvalue weighted by atomic mass is 10.1. The van der Waals surface area contributed by atoms with Crippen molar-refractivity contribution in [3.05, 3.63) is 59.4 Å². The van der Waals surface area contributed by atoms with E-state index in [1.54, 1.807) is 0 Å². The van der Waals surface area contributed by atoms with Crippen LogP contribution in [-0.4, -0.2) is 10.9 Å². The summed E-state index contributed by atoms with van der Waals surface area (Å²) in [7, 11) is 0. The number of aromatic nitrogens is 1. The fraction of sp³-hybridized carbons (Fsp3) is 0.250. The summed E-state index contributed by atoms with van der Waals surface area (Å²) < 4.78 is 0. The van der Waals surface area contributed by atoms with Crippen LogP contribution >= 0.6 is 0 Å². The lowest BCUT2D eigenvalue weighted by Gasteiger charge is -2.06. The third kappa shape index (κ3) is 4.39. The van der Waals surface area contributed by atoms with Crippen molar-refractivity contribution in [2.45, 2.75) is 26.3 Å². The first-order valence-corrected chi connectivity index (χ1v) is 6.67. The zero-order chi connectivity index (χ0) is 14.4. The smallest absolute Gasteiger partial charge is 0.220 e. The van der Waals surface area contributed by atoms with Crippen LogP contribution < -0.4 is 11.1 Å². The minimum absolute atomic E-state index is 0.0238. The fourth-order valence-corrected chi connectivity index (χ4v) is 1.98. The summed E-state index contributed by atoms with van der Waals surface area (Å²) >= 11 is 0. The van der Waals surface area contributed by atoms with Gasteiger partial charge < -0.3 is 11.1 Å². The Kier molecular flexibility index (Phi) is 4.71. The first-order chi connectivity index (χ1) is 9.63. The van der Waals surface area contributed by atoms with Crippen molar-refractivity contribution in [1.29, 1.82) is 0 Å². The number of nitrogens with two attached hydrogens (primary N) is 1. The van der Waals surface area contributed by atoms with E-state index in [4.69, 9.17) is 5.73 Å². The number of nitrogen functional groups attached to an aromatic ring is 1. The largest absolute Gasteiger partial charge is 0.399 e. The van der Waals surface area contributed by atoms with Crippen LogP contribution in [0.1, 0.15) is 23.4 Å². The van der Waals surface area contributed by atoms with Crippen LogP contribution in [0.5, 0.6) is 0 Å². The second-order valence-corrected chi connectivity index (χ2v) is 4.79. The summed E-state index contributed by atoms with van der Waals surface area (Å²) in [6.07, 6.45) is 1.15. The Morgan fingerprint density at radius 3 is 2.80 bits per heavy atom. The highest BCUT2D eigenvalue weighted by atomic mass is 16.1. The van der Waals surface area contributed by atoms with Gasteiger partial charge in [-0.2, -0.15) is 0 Å². The average molecular weight is 269 g/mol. The fourth-order valence-electron chi connectivity index (χ4n) is 1.98. The normalized spacial score (nSPS) is 10.2. The zero-order valence-electron chi connectivity index (χ0n) is 11.6. The second kappa shape index (κ2) is 6.70. The van der Waals surface area contributed by atoms with Gasteiger partial charge >= 0.3 is 0 Å². The molecule has 0 fully saturated rings. The Morgan fingerprint density at radius 1 is 1.25 bits per heavy atom. The van der Waals surface area contributed by atoms with E-state index in [1.165, 1.54) is 0 Å². The number of amides is 1. The topological polar surface area (TPSA) is 68.0 Å². The van der Waals surface area contributed by atoms with Crippen LogP contribution in [0, 0.1) is 6.92 Å². The van der Waals surface area contributed by atoms with Gasteiger partial charge in [-0.15, -0.1) is 0 Å². The molecule has 0 unspecified atom stereocenters. The SMILES string of the molecule is Cc1cccc(CNC(=O)CCc2cccc(N)c2)n1. The molecule has 1 heterocycles. The molecule has 3 N–H and O–H groups in total. The van der Waals surface area contributed by atoms with Crippen molar-refractivity contribution < 1.29 is 4.79 Å². The molecule has 0 saturated heterocycles. The number of anilines is 1. The maximum absolute atomic E-state index is 11.8. The van der Waals surface area contributed by atoms with Crippen LogP contribution in [-0.2, 0) is 17.8 Å². The Bertz CT molecular complexity index is 544. The Labute approximate surface area is 119 Å². The van der Waals surface area contributed by atoms with Gasteiger partial charge in [0.15, 0.2) is 0 Å². The molecule has 1 aromatic carbocycles. The summed E-state index contributed by atoms with van der Waals surface area (Å²) in [5.41, 5.74) is 9.34. The molecule has 2 aromatic rings. The number of hydrogen-bond donors (Lipinski definition) is 2. The van der Waals surface area contributed by atoms with Gasteiger partial charge in [0.25, 0.3) is 0 Å². The molecule has 0 spiro atoms. The van der Waals surface area contributed by atoms with Gasteiger partial charge in [-0.1, -0.05) is 18.2 Å². The van der Waals surface area contributed by atoms with Crippen molar-refractivity contribution >= 4 is 11.6 Å². The molecule has 0 aliphatic heterocycles. The first-order valence-electron chi connectivity index (χ1n) is 6.67. The minimum atomic E-state index is 0.0238. The van der Waals surface area contributed by atoms with E-state index in [9.17, 15) is 4.79 Å². The molecular formula is C16H19N3O. The van der Waals surface area contributed by atoms with Crippen molar-refractivity contribution in [3.8, 4) is 0 Å². The van der Waals surface area contributed by atoms with Crippen LogP contribution in [0.15, 0.2) is 42.5 Å². The molecule has 1 amide bonds. The monoisotopic (exact) mass is 269 g/mol. The molecule has 0 bridgehead atoms. The number of carbonyl (C=O) groups is 1. The number of nitrogens with one attached hydrogen (secondary N) is 1. The first kappa shape index (κ1) is 14.1. The molecule has 0 aliphatic rings. The lowest BCUT2D eigenvalue weighted by molar-refractivity contribution is -0.121. The van der Waals surface area contributed by atoms with Crippen molar-refractivity contribution in [1.82, 2.24) is 10.3 Å². The van der Waals surface area contributed by atoms with Crippen LogP contribution in [0.25, 0.3) is 0 Å². The molecule has 0 aliphatic carbocycles. The predicted octanol–water partition coefficient (Wildman–Crippen LogP) is 2.22. The number of aryl methyl sites for hydroxylation is 2. The summed E-state index contributed by atoms with van der Waals surface area (Å²) in [5, 5.41) is 2.88. The van der Waals surface area contributed by atoms with Crippen molar-refractivity contribution in [3.63, 3.8) is 0 Å². The van der Waals surface area contributed by atoms with Crippen LogP contribution in [0.2, 0.25) is 0 Å². The van der Waals surface area contributed by atoms with E-state index in [-0.39, 0.29) is 5.91 Å². The third-order valence-corrected chi connectivity index (χ3v) is 3.00. The van der Waals surface area contributed by atoms with E-state index in [2.05, 4.69) is 10.3 Å². The lowest BCUT2D eigenvalue weighted by Crippen LogP contribution is -2.23. The quantitative estimate of drug-likeness (QED) is 0.818. The Balaban J connectivity index is 1.78. The number of nitrogens with zero attached hydrogens (tertiary/aromatic N) is 1. The van der Waals surface area contributed by atoms with E-state index < -0.39 is 0 Å². The Hall–Kier alpha value is -2.36. The maximum Gasteiger partial charge on any atom is 0.220 e. The number of hydrogen-bond acceptors (Lipinski definition) is 3. The van der Waals surface area contributed by atoms with Gasteiger partial charge in [-0.3, -0.25) is 9.78 Å².